The first kappa shape index (κ1) is 21.7. The largest absolute Gasteiger partial charge is 0.511 e. The molecule has 1 aliphatic rings. The molecule has 1 aliphatic carbocycles. The maximum absolute atomic E-state index is 12.3. The Balaban J connectivity index is 1.98. The Morgan fingerprint density at radius 1 is 1.41 bits per heavy atom. The highest BCUT2D eigenvalue weighted by molar-refractivity contribution is 7.90. The van der Waals surface area contributed by atoms with Crippen LogP contribution in [0.1, 0.15) is 37.0 Å². The van der Waals surface area contributed by atoms with E-state index in [1.165, 1.54) is 23.9 Å². The predicted octanol–water partition coefficient (Wildman–Crippen LogP) is 2.47. The van der Waals surface area contributed by atoms with Gasteiger partial charge in [-0.05, 0) is 38.7 Å². The summed E-state index contributed by atoms with van der Waals surface area (Å²) in [6.45, 7) is 2.68. The summed E-state index contributed by atoms with van der Waals surface area (Å²) in [5, 5.41) is 2.76. The van der Waals surface area contributed by atoms with E-state index in [-0.39, 0.29) is 22.5 Å². The lowest BCUT2D eigenvalue weighted by molar-refractivity contribution is -0.0451. The molecule has 152 valence electrons. The van der Waals surface area contributed by atoms with Gasteiger partial charge >= 0.3 is 15.5 Å². The Morgan fingerprint density at radius 3 is 2.59 bits per heavy atom. The number of sulfonamides is 1. The van der Waals surface area contributed by atoms with Crippen LogP contribution in [-0.2, 0) is 10.0 Å². The number of hydrogen-bond acceptors (Lipinski definition) is 5. The standard InChI is InChI=1S/C15H19ClF3N3O4S/c1-8(22-27(24,25)15(17,18)19)7-26-11-5-12(13(16)20-6-11)14(23)21-9(2)10-3-4-10/h5-6,8-10,22H,3-4,7H2,1-2H3,(H,21,23)/t8-,9?/m0/s1. The predicted molar refractivity (Wildman–Crippen MR) is 92.0 cm³/mol. The third-order valence-corrected chi connectivity index (χ3v) is 5.53. The van der Waals surface area contributed by atoms with Crippen molar-refractivity contribution in [1.29, 1.82) is 0 Å². The van der Waals surface area contributed by atoms with E-state index >= 15 is 0 Å². The summed E-state index contributed by atoms with van der Waals surface area (Å²) < 4.78 is 65.8. The number of hydrogen-bond donors (Lipinski definition) is 2. The van der Waals surface area contributed by atoms with E-state index in [1.54, 1.807) is 0 Å². The lowest BCUT2D eigenvalue weighted by Crippen LogP contribution is -2.43. The summed E-state index contributed by atoms with van der Waals surface area (Å²) in [5.74, 6) is 0.0625. The van der Waals surface area contributed by atoms with Gasteiger partial charge in [-0.1, -0.05) is 11.6 Å². The van der Waals surface area contributed by atoms with Crippen LogP contribution in [-0.4, -0.2) is 43.5 Å². The molecule has 1 amide bonds. The normalized spacial score (nSPS) is 17.3. The monoisotopic (exact) mass is 429 g/mol. The summed E-state index contributed by atoms with van der Waals surface area (Å²) >= 11 is 5.93. The van der Waals surface area contributed by atoms with Gasteiger partial charge in [0.15, 0.2) is 0 Å². The molecule has 2 N–H and O–H groups in total. The topological polar surface area (TPSA) is 97.4 Å². The second-order valence-corrected chi connectivity index (χ2v) is 8.45. The van der Waals surface area contributed by atoms with Gasteiger partial charge in [-0.2, -0.15) is 13.2 Å². The Morgan fingerprint density at radius 2 is 2.04 bits per heavy atom. The van der Waals surface area contributed by atoms with Crippen molar-refractivity contribution in [2.75, 3.05) is 6.61 Å². The Kier molecular flexibility index (Phi) is 6.59. The fourth-order valence-corrected chi connectivity index (χ4v) is 3.17. The van der Waals surface area contributed by atoms with Crippen molar-refractivity contribution in [2.24, 2.45) is 5.92 Å². The molecule has 0 spiro atoms. The number of carbonyl (C=O) groups excluding carboxylic acids is 1. The molecule has 2 rings (SSSR count). The van der Waals surface area contributed by atoms with Crippen LogP contribution in [0.25, 0.3) is 0 Å². The van der Waals surface area contributed by atoms with E-state index in [0.717, 1.165) is 12.8 Å². The van der Waals surface area contributed by atoms with E-state index in [4.69, 9.17) is 16.3 Å². The summed E-state index contributed by atoms with van der Waals surface area (Å²) in [6, 6.07) is 0.115. The van der Waals surface area contributed by atoms with Crippen LogP contribution < -0.4 is 14.8 Å². The first-order chi connectivity index (χ1) is 12.4. The molecule has 2 atom stereocenters. The third kappa shape index (κ3) is 5.94. The van der Waals surface area contributed by atoms with Crippen LogP contribution in [0.5, 0.6) is 5.75 Å². The lowest BCUT2D eigenvalue weighted by Gasteiger charge is -2.17. The van der Waals surface area contributed by atoms with Crippen molar-refractivity contribution >= 4 is 27.5 Å². The summed E-state index contributed by atoms with van der Waals surface area (Å²) in [6.07, 6.45) is 3.28. The maximum atomic E-state index is 12.3. The molecular formula is C15H19ClF3N3O4S. The van der Waals surface area contributed by atoms with Gasteiger partial charge in [0.05, 0.1) is 17.8 Å². The van der Waals surface area contributed by atoms with Crippen LogP contribution in [0.3, 0.4) is 0 Å². The van der Waals surface area contributed by atoms with Gasteiger partial charge in [-0.25, -0.2) is 18.1 Å². The van der Waals surface area contributed by atoms with Crippen molar-refractivity contribution < 1.29 is 31.1 Å². The second kappa shape index (κ2) is 8.19. The van der Waals surface area contributed by atoms with Gasteiger partial charge in [-0.15, -0.1) is 0 Å². The van der Waals surface area contributed by atoms with Crippen molar-refractivity contribution in [1.82, 2.24) is 15.0 Å². The number of pyridine rings is 1. The molecule has 0 aliphatic heterocycles. The lowest BCUT2D eigenvalue weighted by atomic mass is 10.2. The summed E-state index contributed by atoms with van der Waals surface area (Å²) in [4.78, 5) is 16.1. The number of aromatic nitrogens is 1. The number of nitrogens with one attached hydrogen (secondary N) is 2. The van der Waals surface area contributed by atoms with Crippen molar-refractivity contribution in [2.45, 2.75) is 44.3 Å². The second-order valence-electron chi connectivity index (χ2n) is 6.39. The molecule has 1 saturated carbocycles. The van der Waals surface area contributed by atoms with Gasteiger partial charge in [-0.3, -0.25) is 4.79 Å². The maximum Gasteiger partial charge on any atom is 0.511 e. The molecule has 0 saturated heterocycles. The molecule has 12 heteroatoms. The number of ether oxygens (including phenoxy) is 1. The van der Waals surface area contributed by atoms with Gasteiger partial charge in [0.1, 0.15) is 17.5 Å². The number of alkyl halides is 3. The first-order valence-corrected chi connectivity index (χ1v) is 9.94. The zero-order valence-electron chi connectivity index (χ0n) is 14.5. The van der Waals surface area contributed by atoms with E-state index in [2.05, 4.69) is 10.3 Å². The highest BCUT2D eigenvalue weighted by Gasteiger charge is 2.46. The average Bonchev–Trinajstić information content (AvgIpc) is 3.37. The number of halogens is 4. The quantitative estimate of drug-likeness (QED) is 0.619. The third-order valence-electron chi connectivity index (χ3n) is 3.91. The van der Waals surface area contributed by atoms with Gasteiger partial charge in [0.2, 0.25) is 0 Å². The van der Waals surface area contributed by atoms with Crippen LogP contribution in [0.2, 0.25) is 5.15 Å². The summed E-state index contributed by atoms with van der Waals surface area (Å²) in [7, 11) is -5.48. The molecule has 0 radical (unpaired) electrons. The van der Waals surface area contributed by atoms with E-state index < -0.39 is 34.1 Å². The van der Waals surface area contributed by atoms with Crippen LogP contribution >= 0.6 is 11.6 Å². The van der Waals surface area contributed by atoms with Crippen molar-refractivity contribution in [3.8, 4) is 5.75 Å². The number of nitrogens with zero attached hydrogens (tertiary/aromatic N) is 1. The van der Waals surface area contributed by atoms with E-state index in [1.807, 2.05) is 6.92 Å². The minimum Gasteiger partial charge on any atom is -0.490 e. The van der Waals surface area contributed by atoms with E-state index in [9.17, 15) is 26.4 Å². The zero-order valence-corrected chi connectivity index (χ0v) is 16.1. The minimum absolute atomic E-state index is 0.0186. The van der Waals surface area contributed by atoms with Crippen molar-refractivity contribution in [3.63, 3.8) is 0 Å². The van der Waals surface area contributed by atoms with Crippen LogP contribution in [0.4, 0.5) is 13.2 Å². The minimum atomic E-state index is -5.48. The molecule has 1 aromatic rings. The Hall–Kier alpha value is -1.59. The first-order valence-electron chi connectivity index (χ1n) is 8.08. The molecule has 1 heterocycles. The molecule has 27 heavy (non-hydrogen) atoms. The number of amides is 1. The highest BCUT2D eigenvalue weighted by Crippen LogP contribution is 2.32. The van der Waals surface area contributed by atoms with E-state index in [0.29, 0.717) is 5.92 Å². The fourth-order valence-electron chi connectivity index (χ4n) is 2.25. The molecule has 1 unspecified atom stereocenters. The molecule has 0 bridgehead atoms. The molecule has 7 nitrogen and oxygen atoms in total. The molecule has 1 aromatic heterocycles. The Bertz CT molecular complexity index is 800. The molecule has 1 fully saturated rings. The van der Waals surface area contributed by atoms with Gasteiger partial charge < -0.3 is 10.1 Å². The molecule has 0 aromatic carbocycles. The van der Waals surface area contributed by atoms with Crippen LogP contribution in [0, 0.1) is 5.92 Å². The van der Waals surface area contributed by atoms with Gasteiger partial charge in [0.25, 0.3) is 5.91 Å². The summed E-state index contributed by atoms with van der Waals surface area (Å²) in [5.41, 5.74) is -5.35. The Labute approximate surface area is 159 Å². The van der Waals surface area contributed by atoms with Crippen molar-refractivity contribution in [3.05, 3.63) is 23.0 Å². The van der Waals surface area contributed by atoms with Gasteiger partial charge in [0, 0.05) is 6.04 Å². The highest BCUT2D eigenvalue weighted by atomic mass is 35.5. The fraction of sp³-hybridized carbons (Fsp3) is 0.600. The van der Waals surface area contributed by atoms with Crippen LogP contribution in [0.15, 0.2) is 12.3 Å². The average molecular weight is 430 g/mol. The number of carbonyl (C=O) groups is 1. The number of rotatable bonds is 8. The molecular weight excluding hydrogens is 411 g/mol. The smallest absolute Gasteiger partial charge is 0.490 e. The zero-order chi connectivity index (χ0) is 20.4. The SMILES string of the molecule is CC(NC(=O)c1cc(OC[C@H](C)NS(=O)(=O)C(F)(F)F)cnc1Cl)C1CC1.